The smallest absolute Gasteiger partial charge is 0.241 e. The maximum Gasteiger partial charge on any atom is 0.241 e. The Bertz CT molecular complexity index is 532. The predicted octanol–water partition coefficient (Wildman–Crippen LogP) is 2.60. The summed E-state index contributed by atoms with van der Waals surface area (Å²) >= 11 is 1.64. The van der Waals surface area contributed by atoms with Gasteiger partial charge in [0, 0.05) is 20.6 Å². The van der Waals surface area contributed by atoms with Crippen molar-refractivity contribution in [1.29, 1.82) is 0 Å². The topological polar surface area (TPSA) is 36.4 Å². The predicted molar refractivity (Wildman–Crippen MR) is 80.8 cm³/mol. The summed E-state index contributed by atoms with van der Waals surface area (Å²) in [6.45, 7) is 3.35. The van der Waals surface area contributed by atoms with Crippen molar-refractivity contribution in [3.63, 3.8) is 0 Å². The van der Waals surface area contributed by atoms with Crippen LogP contribution in [0.3, 0.4) is 0 Å². The van der Waals surface area contributed by atoms with Gasteiger partial charge in [0.1, 0.15) is 0 Å². The molecule has 19 heavy (non-hydrogen) atoms. The van der Waals surface area contributed by atoms with Crippen LogP contribution >= 0.6 is 11.3 Å². The first-order valence-corrected chi connectivity index (χ1v) is 7.24. The fraction of sp³-hybridized carbons (Fsp3) is 0.429. The lowest BCUT2D eigenvalue weighted by Gasteiger charge is -2.22. The molecule has 0 aliphatic heterocycles. The number of fused-ring (bicyclic) bond motifs is 1. The maximum absolute atomic E-state index is 11.9. The van der Waals surface area contributed by atoms with Gasteiger partial charge in [-0.25, -0.2) is 4.98 Å². The van der Waals surface area contributed by atoms with Gasteiger partial charge in [-0.1, -0.05) is 30.4 Å². The third-order valence-electron chi connectivity index (χ3n) is 2.87. The first-order valence-electron chi connectivity index (χ1n) is 6.42. The molecule has 0 fully saturated rings. The normalized spacial score (nSPS) is 10.7. The van der Waals surface area contributed by atoms with Crippen LogP contribution in [0.5, 0.6) is 0 Å². The average molecular weight is 277 g/mol. The van der Waals surface area contributed by atoms with Crippen LogP contribution in [0.25, 0.3) is 10.2 Å². The number of carbonyl (C=O) groups is 1. The zero-order valence-corrected chi connectivity index (χ0v) is 12.4. The van der Waals surface area contributed by atoms with Crippen LogP contribution in [0.15, 0.2) is 24.3 Å². The molecular formula is C14H19N3OS. The Labute approximate surface area is 117 Å². The van der Waals surface area contributed by atoms with Gasteiger partial charge in [0.25, 0.3) is 0 Å². The van der Waals surface area contributed by atoms with E-state index >= 15 is 0 Å². The van der Waals surface area contributed by atoms with Gasteiger partial charge < -0.3 is 9.80 Å². The van der Waals surface area contributed by atoms with E-state index in [0.717, 1.165) is 28.3 Å². The number of amides is 1. The Balaban J connectivity index is 2.24. The minimum absolute atomic E-state index is 0.104. The molecule has 0 N–H and O–H groups in total. The van der Waals surface area contributed by atoms with Crippen LogP contribution < -0.4 is 4.90 Å². The lowest BCUT2D eigenvalue weighted by Crippen LogP contribution is -2.37. The third-order valence-corrected chi connectivity index (χ3v) is 3.97. The summed E-state index contributed by atoms with van der Waals surface area (Å²) in [5.41, 5.74) is 1.00. The molecule has 0 spiro atoms. The molecule has 1 aromatic heterocycles. The molecule has 0 aliphatic carbocycles. The first kappa shape index (κ1) is 13.8. The Morgan fingerprint density at radius 3 is 2.68 bits per heavy atom. The summed E-state index contributed by atoms with van der Waals surface area (Å²) in [5, 5.41) is 0.929. The summed E-state index contributed by atoms with van der Waals surface area (Å²) in [7, 11) is 3.57. The van der Waals surface area contributed by atoms with Gasteiger partial charge in [-0.3, -0.25) is 4.79 Å². The van der Waals surface area contributed by atoms with Crippen molar-refractivity contribution in [2.24, 2.45) is 0 Å². The quantitative estimate of drug-likeness (QED) is 0.843. The Kier molecular flexibility index (Phi) is 4.37. The van der Waals surface area contributed by atoms with Gasteiger partial charge >= 0.3 is 0 Å². The van der Waals surface area contributed by atoms with E-state index in [4.69, 9.17) is 0 Å². The molecule has 102 valence electrons. The van der Waals surface area contributed by atoms with Crippen LogP contribution in [-0.4, -0.2) is 43.0 Å². The fourth-order valence-electron chi connectivity index (χ4n) is 1.81. The molecule has 0 unspecified atom stereocenters. The van der Waals surface area contributed by atoms with Crippen molar-refractivity contribution in [3.05, 3.63) is 24.3 Å². The van der Waals surface area contributed by atoms with Crippen LogP contribution in [0.1, 0.15) is 13.3 Å². The SMILES string of the molecule is CCCN(CC(=O)N(C)C)c1nc2ccccc2s1. The van der Waals surface area contributed by atoms with E-state index in [1.54, 1.807) is 30.3 Å². The van der Waals surface area contributed by atoms with E-state index in [2.05, 4.69) is 22.9 Å². The van der Waals surface area contributed by atoms with E-state index < -0.39 is 0 Å². The van der Waals surface area contributed by atoms with Gasteiger partial charge in [-0.05, 0) is 18.6 Å². The second-order valence-corrected chi connectivity index (χ2v) is 5.68. The molecule has 4 nitrogen and oxygen atoms in total. The molecule has 0 bridgehead atoms. The van der Waals surface area contributed by atoms with E-state index in [1.165, 1.54) is 0 Å². The number of carbonyl (C=O) groups excluding carboxylic acids is 1. The van der Waals surface area contributed by atoms with Gasteiger partial charge in [-0.15, -0.1) is 0 Å². The number of para-hydroxylation sites is 1. The summed E-state index contributed by atoms with van der Waals surface area (Å²) < 4.78 is 1.16. The van der Waals surface area contributed by atoms with Crippen LogP contribution in [-0.2, 0) is 4.79 Å². The number of aromatic nitrogens is 1. The lowest BCUT2D eigenvalue weighted by molar-refractivity contribution is -0.127. The molecule has 2 aromatic rings. The molecule has 1 amide bonds. The molecule has 5 heteroatoms. The third kappa shape index (κ3) is 3.23. The number of rotatable bonds is 5. The number of benzene rings is 1. The maximum atomic E-state index is 11.9. The highest BCUT2D eigenvalue weighted by Gasteiger charge is 2.15. The van der Waals surface area contributed by atoms with Crippen molar-refractivity contribution in [2.75, 3.05) is 32.1 Å². The van der Waals surface area contributed by atoms with E-state index in [-0.39, 0.29) is 5.91 Å². The average Bonchev–Trinajstić information content (AvgIpc) is 2.81. The van der Waals surface area contributed by atoms with Crippen LogP contribution in [0, 0.1) is 0 Å². The van der Waals surface area contributed by atoms with Crippen molar-refractivity contribution in [3.8, 4) is 0 Å². The Morgan fingerprint density at radius 1 is 1.32 bits per heavy atom. The molecule has 0 saturated heterocycles. The zero-order valence-electron chi connectivity index (χ0n) is 11.6. The van der Waals surface area contributed by atoms with E-state index in [9.17, 15) is 4.79 Å². The first-order chi connectivity index (χ1) is 9.11. The molecule has 2 rings (SSSR count). The van der Waals surface area contributed by atoms with Gasteiger partial charge in [-0.2, -0.15) is 0 Å². The number of hydrogen-bond donors (Lipinski definition) is 0. The highest BCUT2D eigenvalue weighted by Crippen LogP contribution is 2.28. The molecule has 0 atom stereocenters. The monoisotopic (exact) mass is 277 g/mol. The largest absolute Gasteiger partial charge is 0.347 e. The van der Waals surface area contributed by atoms with Crippen molar-refractivity contribution < 1.29 is 4.79 Å². The number of likely N-dealkylation sites (N-methyl/N-ethyl adjacent to an activating group) is 1. The molecule has 0 aliphatic rings. The Morgan fingerprint density at radius 2 is 2.05 bits per heavy atom. The molecular weight excluding hydrogens is 258 g/mol. The minimum atomic E-state index is 0.104. The van der Waals surface area contributed by atoms with Crippen molar-refractivity contribution in [1.82, 2.24) is 9.88 Å². The van der Waals surface area contributed by atoms with Gasteiger partial charge in [0.15, 0.2) is 5.13 Å². The summed E-state index contributed by atoms with van der Waals surface area (Å²) in [6, 6.07) is 8.07. The van der Waals surface area contributed by atoms with E-state index in [1.807, 2.05) is 18.2 Å². The fourth-order valence-corrected chi connectivity index (χ4v) is 2.80. The van der Waals surface area contributed by atoms with Crippen LogP contribution in [0.4, 0.5) is 5.13 Å². The van der Waals surface area contributed by atoms with Crippen molar-refractivity contribution >= 4 is 32.6 Å². The highest BCUT2D eigenvalue weighted by atomic mass is 32.1. The minimum Gasteiger partial charge on any atom is -0.347 e. The summed E-state index contributed by atoms with van der Waals surface area (Å²) in [4.78, 5) is 20.2. The number of anilines is 1. The number of hydrogen-bond acceptors (Lipinski definition) is 4. The summed E-state index contributed by atoms with van der Waals surface area (Å²) in [6.07, 6.45) is 0.997. The van der Waals surface area contributed by atoms with E-state index in [0.29, 0.717) is 6.54 Å². The second-order valence-electron chi connectivity index (χ2n) is 4.67. The zero-order chi connectivity index (χ0) is 13.8. The van der Waals surface area contributed by atoms with Gasteiger partial charge in [0.2, 0.25) is 5.91 Å². The molecule has 0 saturated carbocycles. The van der Waals surface area contributed by atoms with Crippen LogP contribution in [0.2, 0.25) is 0 Å². The molecule has 0 radical (unpaired) electrons. The molecule has 1 aromatic carbocycles. The van der Waals surface area contributed by atoms with Crippen molar-refractivity contribution in [2.45, 2.75) is 13.3 Å². The standard InChI is InChI=1S/C14H19N3OS/c1-4-9-17(10-13(18)16(2)3)14-15-11-7-5-6-8-12(11)19-14/h5-8H,4,9-10H2,1-3H3. The highest BCUT2D eigenvalue weighted by molar-refractivity contribution is 7.22. The molecule has 1 heterocycles. The number of nitrogens with zero attached hydrogens (tertiary/aromatic N) is 3. The lowest BCUT2D eigenvalue weighted by atomic mass is 10.3. The summed E-state index contributed by atoms with van der Waals surface area (Å²) in [5.74, 6) is 0.104. The Hall–Kier alpha value is -1.62. The number of thiazole rings is 1. The van der Waals surface area contributed by atoms with Gasteiger partial charge in [0.05, 0.1) is 16.8 Å². The second kappa shape index (κ2) is 6.02.